The number of aliphatic carboxylic acids is 1. The molecule has 2 amide bonds. The Balaban J connectivity index is 2.01. The second-order valence-electron chi connectivity index (χ2n) is 6.20. The van der Waals surface area contributed by atoms with Crippen LogP contribution in [0.2, 0.25) is 0 Å². The van der Waals surface area contributed by atoms with Crippen molar-refractivity contribution < 1.29 is 19.4 Å². The summed E-state index contributed by atoms with van der Waals surface area (Å²) in [7, 11) is 0. The average molecular weight is 298 g/mol. The average Bonchev–Trinajstić information content (AvgIpc) is 2.47. The zero-order valence-electron chi connectivity index (χ0n) is 13.0. The zero-order valence-corrected chi connectivity index (χ0v) is 13.0. The first kappa shape index (κ1) is 16.1. The number of rotatable bonds is 3. The van der Waals surface area contributed by atoms with Gasteiger partial charge in [-0.1, -0.05) is 0 Å². The molecule has 2 fully saturated rings. The van der Waals surface area contributed by atoms with Gasteiger partial charge in [0.05, 0.1) is 18.8 Å². The van der Waals surface area contributed by atoms with Crippen LogP contribution in [-0.2, 0) is 9.53 Å². The summed E-state index contributed by atoms with van der Waals surface area (Å²) < 4.78 is 5.57. The predicted molar refractivity (Wildman–Crippen MR) is 78.2 cm³/mol. The highest BCUT2D eigenvalue weighted by Gasteiger charge is 2.34. The largest absolute Gasteiger partial charge is 0.481 e. The van der Waals surface area contributed by atoms with Gasteiger partial charge in [0.2, 0.25) is 0 Å². The normalized spacial score (nSPS) is 30.3. The topological polar surface area (TPSA) is 70.1 Å². The van der Waals surface area contributed by atoms with Crippen molar-refractivity contribution in [2.45, 2.75) is 64.1 Å². The van der Waals surface area contributed by atoms with Gasteiger partial charge in [0.25, 0.3) is 0 Å². The van der Waals surface area contributed by atoms with Crippen molar-refractivity contribution in [2.24, 2.45) is 0 Å². The van der Waals surface area contributed by atoms with Gasteiger partial charge >= 0.3 is 12.0 Å². The van der Waals surface area contributed by atoms with Gasteiger partial charge < -0.3 is 19.6 Å². The number of carboxylic acids is 1. The van der Waals surface area contributed by atoms with Crippen LogP contribution in [0.5, 0.6) is 0 Å². The van der Waals surface area contributed by atoms with E-state index in [1.54, 1.807) is 0 Å². The van der Waals surface area contributed by atoms with Gasteiger partial charge in [0.15, 0.2) is 0 Å². The molecule has 2 heterocycles. The lowest BCUT2D eigenvalue weighted by molar-refractivity contribution is -0.137. The van der Waals surface area contributed by atoms with Gasteiger partial charge in [0, 0.05) is 25.6 Å². The minimum absolute atomic E-state index is 0.0488. The molecule has 0 spiro atoms. The van der Waals surface area contributed by atoms with Crippen LogP contribution < -0.4 is 0 Å². The maximum atomic E-state index is 12.8. The van der Waals surface area contributed by atoms with E-state index in [0.717, 1.165) is 25.8 Å². The quantitative estimate of drug-likeness (QED) is 0.864. The molecule has 2 saturated heterocycles. The summed E-state index contributed by atoms with van der Waals surface area (Å²) in [5, 5.41) is 8.86. The molecule has 21 heavy (non-hydrogen) atoms. The standard InChI is InChI=1S/C15H26N2O4/c1-11-10-21-12(2)9-17(11)15(20)16-8-4-3-5-13(16)6-7-14(18)19/h11-13H,3-10H2,1-2H3,(H,18,19). The Hall–Kier alpha value is -1.30. The number of carbonyl (C=O) groups is 2. The first-order valence-electron chi connectivity index (χ1n) is 7.89. The van der Waals surface area contributed by atoms with E-state index in [1.807, 2.05) is 23.6 Å². The molecule has 0 aromatic heterocycles. The van der Waals surface area contributed by atoms with Gasteiger partial charge in [-0.2, -0.15) is 0 Å². The number of hydrogen-bond acceptors (Lipinski definition) is 3. The van der Waals surface area contributed by atoms with Crippen LogP contribution in [0.25, 0.3) is 0 Å². The fourth-order valence-corrected chi connectivity index (χ4v) is 3.18. The summed E-state index contributed by atoms with van der Waals surface area (Å²) >= 11 is 0. The number of ether oxygens (including phenoxy) is 1. The fourth-order valence-electron chi connectivity index (χ4n) is 3.18. The molecular weight excluding hydrogens is 272 g/mol. The molecule has 0 radical (unpaired) electrons. The van der Waals surface area contributed by atoms with Crippen LogP contribution in [0, 0.1) is 0 Å². The number of carbonyl (C=O) groups excluding carboxylic acids is 1. The van der Waals surface area contributed by atoms with E-state index in [4.69, 9.17) is 9.84 Å². The summed E-state index contributed by atoms with van der Waals surface area (Å²) in [4.78, 5) is 27.4. The van der Waals surface area contributed by atoms with Crippen molar-refractivity contribution in [3.63, 3.8) is 0 Å². The number of nitrogens with zero attached hydrogens (tertiary/aromatic N) is 2. The SMILES string of the molecule is CC1CN(C(=O)N2CCCCC2CCC(=O)O)C(C)CO1. The molecule has 1 N–H and O–H groups in total. The Morgan fingerprint density at radius 2 is 2.00 bits per heavy atom. The minimum atomic E-state index is -0.790. The number of carboxylic acid groups (broad SMARTS) is 1. The van der Waals surface area contributed by atoms with Crippen LogP contribution in [0.4, 0.5) is 4.79 Å². The molecule has 0 bridgehead atoms. The minimum Gasteiger partial charge on any atom is -0.481 e. The molecule has 0 aliphatic carbocycles. The van der Waals surface area contributed by atoms with Crippen molar-refractivity contribution in [2.75, 3.05) is 19.7 Å². The number of likely N-dealkylation sites (tertiary alicyclic amines) is 1. The third-order valence-electron chi connectivity index (χ3n) is 4.42. The highest BCUT2D eigenvalue weighted by atomic mass is 16.5. The van der Waals surface area contributed by atoms with Crippen molar-refractivity contribution in [3.05, 3.63) is 0 Å². The zero-order chi connectivity index (χ0) is 15.4. The van der Waals surface area contributed by atoms with E-state index >= 15 is 0 Å². The van der Waals surface area contributed by atoms with Crippen molar-refractivity contribution >= 4 is 12.0 Å². The third kappa shape index (κ3) is 4.09. The van der Waals surface area contributed by atoms with Crippen LogP contribution in [0.1, 0.15) is 46.0 Å². The van der Waals surface area contributed by atoms with Gasteiger partial charge in [0.1, 0.15) is 0 Å². The number of hydrogen-bond donors (Lipinski definition) is 1. The molecule has 0 saturated carbocycles. The molecule has 0 aromatic rings. The van der Waals surface area contributed by atoms with Gasteiger partial charge in [-0.3, -0.25) is 4.79 Å². The molecule has 0 aromatic carbocycles. The smallest absolute Gasteiger partial charge is 0.320 e. The molecule has 2 aliphatic rings. The Morgan fingerprint density at radius 3 is 2.71 bits per heavy atom. The van der Waals surface area contributed by atoms with Crippen LogP contribution >= 0.6 is 0 Å². The van der Waals surface area contributed by atoms with Gasteiger partial charge in [-0.25, -0.2) is 4.79 Å². The van der Waals surface area contributed by atoms with E-state index in [9.17, 15) is 9.59 Å². The Morgan fingerprint density at radius 1 is 1.24 bits per heavy atom. The number of morpholine rings is 1. The second kappa shape index (κ2) is 7.11. The summed E-state index contributed by atoms with van der Waals surface area (Å²) in [5.41, 5.74) is 0. The molecule has 2 rings (SSSR count). The molecule has 3 atom stereocenters. The highest BCUT2D eigenvalue weighted by molar-refractivity contribution is 5.75. The van der Waals surface area contributed by atoms with E-state index in [1.165, 1.54) is 0 Å². The maximum Gasteiger partial charge on any atom is 0.320 e. The number of urea groups is 1. The summed E-state index contributed by atoms with van der Waals surface area (Å²) in [6.45, 7) is 5.90. The third-order valence-corrected chi connectivity index (χ3v) is 4.42. The van der Waals surface area contributed by atoms with E-state index in [-0.39, 0.29) is 30.6 Å². The van der Waals surface area contributed by atoms with Crippen molar-refractivity contribution in [1.29, 1.82) is 0 Å². The van der Waals surface area contributed by atoms with Crippen LogP contribution in [0.15, 0.2) is 0 Å². The Kier molecular flexibility index (Phi) is 5.45. The fraction of sp³-hybridized carbons (Fsp3) is 0.867. The van der Waals surface area contributed by atoms with Crippen LogP contribution in [-0.4, -0.2) is 64.8 Å². The van der Waals surface area contributed by atoms with Crippen molar-refractivity contribution in [1.82, 2.24) is 9.80 Å². The highest BCUT2D eigenvalue weighted by Crippen LogP contribution is 2.24. The Bertz CT molecular complexity index is 388. The first-order chi connectivity index (χ1) is 9.99. The van der Waals surface area contributed by atoms with E-state index < -0.39 is 5.97 Å². The molecular formula is C15H26N2O4. The van der Waals surface area contributed by atoms with E-state index in [2.05, 4.69) is 0 Å². The van der Waals surface area contributed by atoms with Gasteiger partial charge in [-0.15, -0.1) is 0 Å². The molecule has 2 aliphatic heterocycles. The van der Waals surface area contributed by atoms with Gasteiger partial charge in [-0.05, 0) is 39.5 Å². The molecule has 6 heteroatoms. The molecule has 3 unspecified atom stereocenters. The molecule has 120 valence electrons. The second-order valence-corrected chi connectivity index (χ2v) is 6.20. The van der Waals surface area contributed by atoms with Crippen molar-refractivity contribution in [3.8, 4) is 0 Å². The van der Waals surface area contributed by atoms with Crippen LogP contribution in [0.3, 0.4) is 0 Å². The first-order valence-corrected chi connectivity index (χ1v) is 7.89. The maximum absolute atomic E-state index is 12.8. The lowest BCUT2D eigenvalue weighted by atomic mass is 9.98. The predicted octanol–water partition coefficient (Wildman–Crippen LogP) is 1.93. The summed E-state index contributed by atoms with van der Waals surface area (Å²) in [6.07, 6.45) is 3.73. The monoisotopic (exact) mass is 298 g/mol. The van der Waals surface area contributed by atoms with E-state index in [0.29, 0.717) is 19.6 Å². The summed E-state index contributed by atoms with van der Waals surface area (Å²) in [6, 6.07) is 0.191. The lowest BCUT2D eigenvalue weighted by Gasteiger charge is -2.43. The molecule has 6 nitrogen and oxygen atoms in total. The number of piperidine rings is 1. The number of amides is 2. The lowest BCUT2D eigenvalue weighted by Crippen LogP contribution is -2.57. The summed E-state index contributed by atoms with van der Waals surface area (Å²) in [5.74, 6) is -0.790. The Labute approximate surface area is 126 Å².